The number of nitrogens with one attached hydrogen (secondary N) is 2. The molecule has 24 heavy (non-hydrogen) atoms. The van der Waals surface area contributed by atoms with Crippen LogP contribution in [-0.4, -0.2) is 46.1 Å². The lowest BCUT2D eigenvalue weighted by Gasteiger charge is -2.19. The van der Waals surface area contributed by atoms with Crippen molar-refractivity contribution in [2.24, 2.45) is 5.73 Å². The van der Waals surface area contributed by atoms with Crippen LogP contribution in [0, 0.1) is 0 Å². The molecule has 1 heterocycles. The molecule has 128 valence electrons. The number of amides is 1. The number of carbonyl (C=O) groups excluding carboxylic acids is 2. The van der Waals surface area contributed by atoms with Crippen LogP contribution in [0.3, 0.4) is 0 Å². The van der Waals surface area contributed by atoms with Crippen LogP contribution in [0.4, 0.5) is 0 Å². The van der Waals surface area contributed by atoms with Gasteiger partial charge in [-0.15, -0.1) is 0 Å². The van der Waals surface area contributed by atoms with Crippen LogP contribution in [0.1, 0.15) is 11.3 Å². The number of hydrogen-bond donors (Lipinski definition) is 4. The Morgan fingerprint density at radius 3 is 2.62 bits per heavy atom. The van der Waals surface area contributed by atoms with E-state index in [1.54, 1.807) is 18.3 Å². The Labute approximate surface area is 139 Å². The molecule has 0 spiro atoms. The van der Waals surface area contributed by atoms with Crippen molar-refractivity contribution in [3.8, 4) is 5.75 Å². The van der Waals surface area contributed by atoms with Gasteiger partial charge < -0.3 is 25.9 Å². The molecular formula is C16H20N4O4. The fourth-order valence-electron chi connectivity index (χ4n) is 2.21. The molecule has 0 aliphatic carbocycles. The van der Waals surface area contributed by atoms with Gasteiger partial charge in [0.1, 0.15) is 11.8 Å². The molecule has 2 atom stereocenters. The van der Waals surface area contributed by atoms with Crippen LogP contribution in [-0.2, 0) is 27.2 Å². The zero-order valence-corrected chi connectivity index (χ0v) is 13.2. The monoisotopic (exact) mass is 332 g/mol. The van der Waals surface area contributed by atoms with Crippen molar-refractivity contribution in [1.82, 2.24) is 15.3 Å². The van der Waals surface area contributed by atoms with Gasteiger partial charge in [-0.2, -0.15) is 0 Å². The summed E-state index contributed by atoms with van der Waals surface area (Å²) in [5, 5.41) is 11.9. The molecule has 1 amide bonds. The molecule has 1 aromatic heterocycles. The van der Waals surface area contributed by atoms with Gasteiger partial charge in [-0.3, -0.25) is 4.79 Å². The van der Waals surface area contributed by atoms with Crippen molar-refractivity contribution in [2.45, 2.75) is 24.9 Å². The number of aromatic nitrogens is 2. The maximum Gasteiger partial charge on any atom is 0.328 e. The SMILES string of the molecule is COC(=O)[C@H](Cc1cnc[nH]1)NC(=O)[C@@H](N)Cc1ccc(O)cc1. The Hall–Kier alpha value is -2.87. The van der Waals surface area contributed by atoms with E-state index in [0.717, 1.165) is 5.56 Å². The second-order valence-corrected chi connectivity index (χ2v) is 5.34. The Kier molecular flexibility index (Phi) is 5.91. The average molecular weight is 332 g/mol. The summed E-state index contributed by atoms with van der Waals surface area (Å²) < 4.78 is 4.72. The van der Waals surface area contributed by atoms with E-state index in [4.69, 9.17) is 10.5 Å². The number of phenols is 1. The van der Waals surface area contributed by atoms with Crippen LogP contribution in [0.25, 0.3) is 0 Å². The Morgan fingerprint density at radius 2 is 2.04 bits per heavy atom. The van der Waals surface area contributed by atoms with Crippen molar-refractivity contribution < 1.29 is 19.4 Å². The van der Waals surface area contributed by atoms with Gasteiger partial charge in [0.15, 0.2) is 0 Å². The fourth-order valence-corrected chi connectivity index (χ4v) is 2.21. The van der Waals surface area contributed by atoms with E-state index in [1.165, 1.54) is 25.6 Å². The number of phenolic OH excluding ortho intramolecular Hbond substituents is 1. The average Bonchev–Trinajstić information content (AvgIpc) is 3.08. The summed E-state index contributed by atoms with van der Waals surface area (Å²) in [7, 11) is 1.25. The highest BCUT2D eigenvalue weighted by atomic mass is 16.5. The van der Waals surface area contributed by atoms with Crippen molar-refractivity contribution in [1.29, 1.82) is 0 Å². The Bertz CT molecular complexity index is 670. The van der Waals surface area contributed by atoms with Crippen molar-refractivity contribution >= 4 is 11.9 Å². The summed E-state index contributed by atoms with van der Waals surface area (Å²) in [6.45, 7) is 0. The molecule has 8 heteroatoms. The van der Waals surface area contributed by atoms with Crippen LogP contribution in [0.15, 0.2) is 36.8 Å². The standard InChI is InChI=1S/C16H20N4O4/c1-24-16(23)14(7-11-8-18-9-19-11)20-15(22)13(17)6-10-2-4-12(21)5-3-10/h2-5,8-9,13-14,21H,6-7,17H2,1H3,(H,18,19)(H,20,22)/t13-,14-/m0/s1. The minimum atomic E-state index is -0.853. The molecule has 8 nitrogen and oxygen atoms in total. The van der Waals surface area contributed by atoms with Crippen LogP contribution in [0.2, 0.25) is 0 Å². The van der Waals surface area contributed by atoms with E-state index in [-0.39, 0.29) is 18.6 Å². The Balaban J connectivity index is 1.97. The molecule has 2 aromatic rings. The normalized spacial score (nSPS) is 13.1. The second-order valence-electron chi connectivity index (χ2n) is 5.34. The third kappa shape index (κ3) is 4.82. The number of nitrogens with zero attached hydrogens (tertiary/aromatic N) is 1. The van der Waals surface area contributed by atoms with Gasteiger partial charge >= 0.3 is 5.97 Å². The van der Waals surface area contributed by atoms with Gasteiger partial charge in [0.25, 0.3) is 0 Å². The zero-order chi connectivity index (χ0) is 17.5. The highest BCUT2D eigenvalue weighted by Gasteiger charge is 2.25. The number of aromatic hydroxyl groups is 1. The van der Waals surface area contributed by atoms with E-state index in [1.807, 2.05) is 0 Å². The van der Waals surface area contributed by atoms with Gasteiger partial charge in [0.05, 0.1) is 19.5 Å². The topological polar surface area (TPSA) is 130 Å². The number of esters is 1. The first-order chi connectivity index (χ1) is 11.5. The number of methoxy groups -OCH3 is 1. The molecule has 0 saturated carbocycles. The van der Waals surface area contributed by atoms with Crippen molar-refractivity contribution in [3.05, 3.63) is 48.0 Å². The van der Waals surface area contributed by atoms with Gasteiger partial charge in [0, 0.05) is 18.3 Å². The molecule has 0 saturated heterocycles. The summed E-state index contributed by atoms with van der Waals surface area (Å²) >= 11 is 0. The number of ether oxygens (including phenoxy) is 1. The van der Waals surface area contributed by atoms with Gasteiger partial charge in [-0.05, 0) is 24.1 Å². The maximum atomic E-state index is 12.3. The highest BCUT2D eigenvalue weighted by Crippen LogP contribution is 2.11. The summed E-state index contributed by atoms with van der Waals surface area (Å²) in [6, 6.07) is 4.73. The van der Waals surface area contributed by atoms with Gasteiger partial charge in [-0.1, -0.05) is 12.1 Å². The third-order valence-corrected chi connectivity index (χ3v) is 3.51. The minimum absolute atomic E-state index is 0.141. The quantitative estimate of drug-likeness (QED) is 0.523. The van der Waals surface area contributed by atoms with E-state index in [0.29, 0.717) is 5.69 Å². The predicted octanol–water partition coefficient (Wildman–Crippen LogP) is -0.114. The molecular weight excluding hydrogens is 312 g/mol. The molecule has 0 unspecified atom stereocenters. The summed E-state index contributed by atoms with van der Waals surface area (Å²) in [5.41, 5.74) is 7.40. The lowest BCUT2D eigenvalue weighted by atomic mass is 10.0. The highest BCUT2D eigenvalue weighted by molar-refractivity contribution is 5.87. The largest absolute Gasteiger partial charge is 0.508 e. The van der Waals surface area contributed by atoms with Crippen molar-refractivity contribution in [2.75, 3.05) is 7.11 Å². The predicted molar refractivity (Wildman–Crippen MR) is 86.0 cm³/mol. The maximum absolute atomic E-state index is 12.3. The summed E-state index contributed by atoms with van der Waals surface area (Å²) in [4.78, 5) is 30.8. The zero-order valence-electron chi connectivity index (χ0n) is 13.2. The number of nitrogens with two attached hydrogens (primary N) is 1. The minimum Gasteiger partial charge on any atom is -0.508 e. The first kappa shape index (κ1) is 17.5. The molecule has 0 bridgehead atoms. The van der Waals surface area contributed by atoms with Gasteiger partial charge in [-0.25, -0.2) is 9.78 Å². The Morgan fingerprint density at radius 1 is 1.33 bits per heavy atom. The van der Waals surface area contributed by atoms with Crippen LogP contribution in [0.5, 0.6) is 5.75 Å². The molecule has 0 radical (unpaired) electrons. The smallest absolute Gasteiger partial charge is 0.328 e. The second kappa shape index (κ2) is 8.11. The van der Waals surface area contributed by atoms with E-state index in [9.17, 15) is 14.7 Å². The number of aromatic amines is 1. The number of rotatable bonds is 7. The fraction of sp³-hybridized carbons (Fsp3) is 0.312. The molecule has 0 aliphatic rings. The summed E-state index contributed by atoms with van der Waals surface area (Å²) in [6.07, 6.45) is 3.56. The number of H-pyrrole nitrogens is 1. The number of imidazole rings is 1. The molecule has 5 N–H and O–H groups in total. The lowest BCUT2D eigenvalue weighted by molar-refractivity contribution is -0.145. The number of hydrogen-bond acceptors (Lipinski definition) is 6. The van der Waals surface area contributed by atoms with Crippen molar-refractivity contribution in [3.63, 3.8) is 0 Å². The van der Waals surface area contributed by atoms with E-state index >= 15 is 0 Å². The van der Waals surface area contributed by atoms with Gasteiger partial charge in [0.2, 0.25) is 5.91 Å². The first-order valence-electron chi connectivity index (χ1n) is 7.38. The molecule has 0 aliphatic heterocycles. The van der Waals surface area contributed by atoms with E-state index < -0.39 is 24.0 Å². The van der Waals surface area contributed by atoms with Crippen LogP contribution >= 0.6 is 0 Å². The number of benzene rings is 1. The number of carbonyl (C=O) groups is 2. The van der Waals surface area contributed by atoms with Crippen LogP contribution < -0.4 is 11.1 Å². The molecule has 2 rings (SSSR count). The summed E-state index contributed by atoms with van der Waals surface area (Å²) in [5.74, 6) is -0.880. The molecule has 0 fully saturated rings. The first-order valence-corrected chi connectivity index (χ1v) is 7.38. The van der Waals surface area contributed by atoms with E-state index in [2.05, 4.69) is 15.3 Å². The third-order valence-electron chi connectivity index (χ3n) is 3.51. The lowest BCUT2D eigenvalue weighted by Crippen LogP contribution is -2.50. The molecule has 1 aromatic carbocycles.